The van der Waals surface area contributed by atoms with Crippen molar-refractivity contribution in [2.45, 2.75) is 46.1 Å². The SMILES string of the molecule is C/C(=N/NC(=S)N[C@H]1CCC[C@H](C)[C@H]1C)c1ccc(N)cc1. The van der Waals surface area contributed by atoms with Crippen LogP contribution in [0.4, 0.5) is 5.69 Å². The van der Waals surface area contributed by atoms with E-state index in [1.54, 1.807) is 0 Å². The van der Waals surface area contributed by atoms with Crippen LogP contribution in [0.25, 0.3) is 0 Å². The van der Waals surface area contributed by atoms with Crippen LogP contribution in [0, 0.1) is 11.8 Å². The predicted octanol–water partition coefficient (Wildman–Crippen LogP) is 3.28. The molecule has 1 saturated carbocycles. The number of hydrazone groups is 1. The summed E-state index contributed by atoms with van der Waals surface area (Å²) in [7, 11) is 0. The molecule has 0 amide bonds. The Morgan fingerprint density at radius 3 is 2.59 bits per heavy atom. The summed E-state index contributed by atoms with van der Waals surface area (Å²) in [4.78, 5) is 0. The van der Waals surface area contributed by atoms with Crippen molar-refractivity contribution < 1.29 is 0 Å². The Kier molecular flexibility index (Phi) is 5.77. The van der Waals surface area contributed by atoms with Crippen molar-refractivity contribution in [1.29, 1.82) is 0 Å². The molecule has 0 radical (unpaired) electrons. The van der Waals surface area contributed by atoms with Gasteiger partial charge in [0, 0.05) is 11.7 Å². The van der Waals surface area contributed by atoms with Gasteiger partial charge in [-0.1, -0.05) is 38.8 Å². The van der Waals surface area contributed by atoms with Crippen LogP contribution >= 0.6 is 12.2 Å². The van der Waals surface area contributed by atoms with E-state index in [0.29, 0.717) is 17.1 Å². The number of nitrogens with two attached hydrogens (primary N) is 1. The number of hydrogen-bond donors (Lipinski definition) is 3. The molecule has 0 unspecified atom stereocenters. The molecule has 1 aliphatic rings. The Bertz CT molecular complexity index is 538. The summed E-state index contributed by atoms with van der Waals surface area (Å²) >= 11 is 5.37. The van der Waals surface area contributed by atoms with Gasteiger partial charge in [-0.2, -0.15) is 5.10 Å². The molecular formula is C17H26N4S. The number of anilines is 1. The average Bonchev–Trinajstić information content (AvgIpc) is 2.50. The highest BCUT2D eigenvalue weighted by molar-refractivity contribution is 7.80. The molecular weight excluding hydrogens is 292 g/mol. The molecule has 0 bridgehead atoms. The van der Waals surface area contributed by atoms with Crippen molar-refractivity contribution in [3.8, 4) is 0 Å². The van der Waals surface area contributed by atoms with Crippen molar-refractivity contribution in [1.82, 2.24) is 10.7 Å². The van der Waals surface area contributed by atoms with Crippen molar-refractivity contribution in [3.63, 3.8) is 0 Å². The zero-order valence-electron chi connectivity index (χ0n) is 13.6. The van der Waals surface area contributed by atoms with Crippen molar-refractivity contribution in [3.05, 3.63) is 29.8 Å². The molecule has 0 saturated heterocycles. The third-order valence-corrected chi connectivity index (χ3v) is 4.89. The van der Waals surface area contributed by atoms with E-state index in [2.05, 4.69) is 29.7 Å². The highest BCUT2D eigenvalue weighted by Gasteiger charge is 2.27. The third kappa shape index (κ3) is 4.44. The van der Waals surface area contributed by atoms with Gasteiger partial charge >= 0.3 is 0 Å². The number of hydrogen-bond acceptors (Lipinski definition) is 3. The van der Waals surface area contributed by atoms with Gasteiger partial charge in [0.25, 0.3) is 0 Å². The van der Waals surface area contributed by atoms with Crippen LogP contribution in [0.2, 0.25) is 0 Å². The summed E-state index contributed by atoms with van der Waals surface area (Å²) in [5.74, 6) is 1.38. The summed E-state index contributed by atoms with van der Waals surface area (Å²) in [5.41, 5.74) is 11.3. The lowest BCUT2D eigenvalue weighted by Crippen LogP contribution is -2.46. The van der Waals surface area contributed by atoms with Crippen LogP contribution < -0.4 is 16.5 Å². The first-order valence-corrected chi connectivity index (χ1v) is 8.35. The van der Waals surface area contributed by atoms with Crippen molar-refractivity contribution in [2.24, 2.45) is 16.9 Å². The van der Waals surface area contributed by atoms with Gasteiger partial charge in [0.1, 0.15) is 0 Å². The fourth-order valence-corrected chi connectivity index (χ4v) is 3.11. The monoisotopic (exact) mass is 318 g/mol. The highest BCUT2D eigenvalue weighted by Crippen LogP contribution is 2.29. The second-order valence-corrected chi connectivity index (χ2v) is 6.69. The number of nitrogens with one attached hydrogen (secondary N) is 2. The summed E-state index contributed by atoms with van der Waals surface area (Å²) in [6, 6.07) is 8.09. The number of rotatable bonds is 3. The quantitative estimate of drug-likeness (QED) is 0.346. The van der Waals surface area contributed by atoms with Crippen LogP contribution in [0.5, 0.6) is 0 Å². The number of nitrogen functional groups attached to an aromatic ring is 1. The Hall–Kier alpha value is -1.62. The van der Waals surface area contributed by atoms with Crippen LogP contribution in [-0.4, -0.2) is 16.9 Å². The summed E-state index contributed by atoms with van der Waals surface area (Å²) in [6.07, 6.45) is 3.75. The van der Waals surface area contributed by atoms with E-state index in [1.165, 1.54) is 19.3 Å². The van der Waals surface area contributed by atoms with Crippen LogP contribution in [0.1, 0.15) is 45.6 Å². The van der Waals surface area contributed by atoms with Gasteiger partial charge in [-0.15, -0.1) is 0 Å². The minimum atomic E-state index is 0.441. The maximum Gasteiger partial charge on any atom is 0.187 e. The van der Waals surface area contributed by atoms with Gasteiger partial charge in [-0.25, -0.2) is 0 Å². The van der Waals surface area contributed by atoms with E-state index in [4.69, 9.17) is 18.0 Å². The fourth-order valence-electron chi connectivity index (χ4n) is 2.91. The van der Waals surface area contributed by atoms with Gasteiger partial charge in [-0.05, 0) is 55.1 Å². The average molecular weight is 318 g/mol. The lowest BCUT2D eigenvalue weighted by molar-refractivity contribution is 0.224. The maximum atomic E-state index is 5.69. The van der Waals surface area contributed by atoms with Gasteiger partial charge < -0.3 is 11.1 Å². The van der Waals surface area contributed by atoms with Crippen LogP contribution in [-0.2, 0) is 0 Å². The molecule has 120 valence electrons. The van der Waals surface area contributed by atoms with E-state index in [-0.39, 0.29) is 0 Å². The molecule has 4 nitrogen and oxygen atoms in total. The maximum absolute atomic E-state index is 5.69. The van der Waals surface area contributed by atoms with Crippen molar-refractivity contribution >= 4 is 28.7 Å². The Balaban J connectivity index is 1.89. The summed E-state index contributed by atoms with van der Waals surface area (Å²) < 4.78 is 0. The topological polar surface area (TPSA) is 62.4 Å². The standard InChI is InChI=1S/C17H26N4S/c1-11-5-4-6-16(12(11)2)19-17(22)21-20-13(3)14-7-9-15(18)10-8-14/h7-12,16H,4-6,18H2,1-3H3,(H2,19,21,22)/b20-13-/t11-,12+,16-/m0/s1. The zero-order valence-corrected chi connectivity index (χ0v) is 14.4. The smallest absolute Gasteiger partial charge is 0.187 e. The molecule has 1 aromatic rings. The van der Waals surface area contributed by atoms with E-state index >= 15 is 0 Å². The molecule has 0 aliphatic heterocycles. The number of benzene rings is 1. The van der Waals surface area contributed by atoms with Gasteiger partial charge in [-0.3, -0.25) is 5.43 Å². The largest absolute Gasteiger partial charge is 0.399 e. The van der Waals surface area contributed by atoms with E-state index in [0.717, 1.165) is 22.9 Å². The van der Waals surface area contributed by atoms with Crippen molar-refractivity contribution in [2.75, 3.05) is 5.73 Å². The Morgan fingerprint density at radius 1 is 1.23 bits per heavy atom. The molecule has 3 atom stereocenters. The molecule has 1 aliphatic carbocycles. The lowest BCUT2D eigenvalue weighted by Gasteiger charge is -2.35. The molecule has 22 heavy (non-hydrogen) atoms. The predicted molar refractivity (Wildman–Crippen MR) is 97.9 cm³/mol. The molecule has 0 heterocycles. The fraction of sp³-hybridized carbons (Fsp3) is 0.529. The molecule has 4 N–H and O–H groups in total. The van der Waals surface area contributed by atoms with Crippen LogP contribution in [0.3, 0.4) is 0 Å². The van der Waals surface area contributed by atoms with E-state index < -0.39 is 0 Å². The normalized spacial score (nSPS) is 25.6. The molecule has 0 spiro atoms. The molecule has 2 rings (SSSR count). The minimum Gasteiger partial charge on any atom is -0.399 e. The van der Waals surface area contributed by atoms with Crippen LogP contribution in [0.15, 0.2) is 29.4 Å². The second kappa shape index (κ2) is 7.58. The minimum absolute atomic E-state index is 0.441. The summed E-state index contributed by atoms with van der Waals surface area (Å²) in [5, 5.41) is 8.36. The zero-order chi connectivity index (χ0) is 16.1. The lowest BCUT2D eigenvalue weighted by atomic mass is 9.78. The number of thiocarbonyl (C=S) groups is 1. The molecule has 5 heteroatoms. The summed E-state index contributed by atoms with van der Waals surface area (Å²) in [6.45, 7) is 6.57. The first-order chi connectivity index (χ1) is 10.5. The Labute approximate surface area is 138 Å². The molecule has 1 fully saturated rings. The number of nitrogens with zero attached hydrogens (tertiary/aromatic N) is 1. The first kappa shape index (κ1) is 16.7. The first-order valence-electron chi connectivity index (χ1n) is 7.94. The van der Waals surface area contributed by atoms with Gasteiger partial charge in [0.05, 0.1) is 5.71 Å². The van der Waals surface area contributed by atoms with E-state index in [9.17, 15) is 0 Å². The third-order valence-electron chi connectivity index (χ3n) is 4.68. The van der Waals surface area contributed by atoms with Gasteiger partial charge in [0.15, 0.2) is 5.11 Å². The van der Waals surface area contributed by atoms with Gasteiger partial charge in [0.2, 0.25) is 0 Å². The highest BCUT2D eigenvalue weighted by atomic mass is 32.1. The molecule has 0 aromatic heterocycles. The van der Waals surface area contributed by atoms with E-state index in [1.807, 2.05) is 31.2 Å². The molecule has 1 aromatic carbocycles. The Morgan fingerprint density at radius 2 is 1.91 bits per heavy atom. The second-order valence-electron chi connectivity index (χ2n) is 6.28.